The van der Waals surface area contributed by atoms with E-state index in [0.29, 0.717) is 34.5 Å². The molecule has 0 saturated carbocycles. The van der Waals surface area contributed by atoms with E-state index in [2.05, 4.69) is 29.9 Å². The van der Waals surface area contributed by atoms with Crippen LogP contribution in [0.4, 0.5) is 0 Å². The maximum absolute atomic E-state index is 5.95. The van der Waals surface area contributed by atoms with Gasteiger partial charge in [0.05, 0.1) is 0 Å². The van der Waals surface area contributed by atoms with E-state index in [4.69, 9.17) is 28.4 Å². The van der Waals surface area contributed by atoms with Gasteiger partial charge in [0, 0.05) is 12.1 Å². The van der Waals surface area contributed by atoms with Crippen LogP contribution >= 0.6 is 0 Å². The van der Waals surface area contributed by atoms with Crippen LogP contribution in [0.2, 0.25) is 0 Å². The standard InChI is InChI=1S/C30H18N6O6/c1-3-9-19(10-4-1)37-25-31-27-35-28(32-25)40-22-14-8-16-24(18-22)42-30-34-26(38-20-11-5-2-6-12-20)33-29(36-30)41-23-15-7-13-21(17-23)39-27/h1-18H. The van der Waals surface area contributed by atoms with E-state index < -0.39 is 0 Å². The largest absolute Gasteiger partial charge is 0.424 e. The van der Waals surface area contributed by atoms with E-state index in [1.54, 1.807) is 72.8 Å². The van der Waals surface area contributed by atoms with Gasteiger partial charge >= 0.3 is 36.1 Å². The van der Waals surface area contributed by atoms with Gasteiger partial charge in [-0.15, -0.1) is 29.9 Å². The lowest BCUT2D eigenvalue weighted by Gasteiger charge is -2.12. The summed E-state index contributed by atoms with van der Waals surface area (Å²) in [5, 5.41) is 0. The molecule has 7 rings (SSSR count). The van der Waals surface area contributed by atoms with E-state index >= 15 is 0 Å². The van der Waals surface area contributed by atoms with Crippen molar-refractivity contribution in [1.29, 1.82) is 0 Å². The Hall–Kier alpha value is -6.30. The molecule has 1 aliphatic heterocycles. The molecule has 0 N–H and O–H groups in total. The highest BCUT2D eigenvalue weighted by Gasteiger charge is 2.17. The molecule has 0 aliphatic carbocycles. The molecular formula is C30H18N6O6. The van der Waals surface area contributed by atoms with Gasteiger partial charge in [-0.3, -0.25) is 0 Å². The highest BCUT2D eigenvalue weighted by Crippen LogP contribution is 2.33. The van der Waals surface area contributed by atoms with E-state index in [-0.39, 0.29) is 36.1 Å². The summed E-state index contributed by atoms with van der Waals surface area (Å²) in [7, 11) is 0. The summed E-state index contributed by atoms with van der Waals surface area (Å²) in [5.74, 6) is 2.48. The summed E-state index contributed by atoms with van der Waals surface area (Å²) < 4.78 is 35.4. The molecule has 4 aromatic carbocycles. The van der Waals surface area contributed by atoms with E-state index in [1.807, 2.05) is 36.4 Å². The molecule has 12 heteroatoms. The quantitative estimate of drug-likeness (QED) is 0.218. The van der Waals surface area contributed by atoms with E-state index in [0.717, 1.165) is 0 Å². The van der Waals surface area contributed by atoms with Crippen LogP contribution in [0.1, 0.15) is 0 Å². The summed E-state index contributed by atoms with van der Waals surface area (Å²) >= 11 is 0. The molecule has 0 radical (unpaired) electrons. The number of para-hydroxylation sites is 2. The normalized spacial score (nSPS) is 11.6. The van der Waals surface area contributed by atoms with Gasteiger partial charge in [0.2, 0.25) is 0 Å². The molecule has 2 aromatic heterocycles. The minimum atomic E-state index is -0.0661. The summed E-state index contributed by atoms with van der Waals surface area (Å²) in [6, 6.07) is 31.3. The minimum absolute atomic E-state index is 0.0272. The monoisotopic (exact) mass is 558 g/mol. The Morgan fingerprint density at radius 3 is 1.02 bits per heavy atom. The SMILES string of the molecule is c1ccc(Oc2nc3nc(n2)Oc2cccc(c2)Oc2nc(Oc4ccccc4)nc(n2)Oc2cccc(c2)O3)cc1. The molecule has 1 aliphatic rings. The fourth-order valence-electron chi connectivity index (χ4n) is 3.73. The first-order chi connectivity index (χ1) is 20.7. The number of rotatable bonds is 4. The third-order valence-corrected chi connectivity index (χ3v) is 5.50. The number of hydrogen-bond acceptors (Lipinski definition) is 12. The molecule has 0 atom stereocenters. The van der Waals surface area contributed by atoms with Gasteiger partial charge in [-0.2, -0.15) is 0 Å². The predicted molar refractivity (Wildman–Crippen MR) is 146 cm³/mol. The molecule has 3 heterocycles. The number of aromatic nitrogens is 6. The molecule has 6 aromatic rings. The van der Waals surface area contributed by atoms with Crippen molar-refractivity contribution in [1.82, 2.24) is 29.9 Å². The van der Waals surface area contributed by atoms with Crippen molar-refractivity contribution in [3.63, 3.8) is 0 Å². The van der Waals surface area contributed by atoms with Gasteiger partial charge in [0.1, 0.15) is 34.5 Å². The summed E-state index contributed by atoms with van der Waals surface area (Å²) in [4.78, 5) is 25.8. The minimum Gasteiger partial charge on any atom is -0.424 e. The van der Waals surface area contributed by atoms with Crippen molar-refractivity contribution < 1.29 is 28.4 Å². The van der Waals surface area contributed by atoms with Crippen LogP contribution in [0.5, 0.6) is 70.6 Å². The summed E-state index contributed by atoms with van der Waals surface area (Å²) in [6.07, 6.45) is 0. The number of ether oxygens (including phenoxy) is 6. The van der Waals surface area contributed by atoms with E-state index in [1.165, 1.54) is 0 Å². The van der Waals surface area contributed by atoms with Crippen molar-refractivity contribution >= 4 is 0 Å². The molecular weight excluding hydrogens is 540 g/mol. The molecule has 0 unspecified atom stereocenters. The summed E-state index contributed by atoms with van der Waals surface area (Å²) in [6.45, 7) is 0. The average Bonchev–Trinajstić information content (AvgIpc) is 2.98. The number of benzene rings is 4. The lowest BCUT2D eigenvalue weighted by atomic mass is 10.3. The molecule has 0 spiro atoms. The van der Waals surface area contributed by atoms with Crippen LogP contribution in [0.25, 0.3) is 0 Å². The smallest absolute Gasteiger partial charge is 0.331 e. The van der Waals surface area contributed by atoms with Crippen LogP contribution in [0.15, 0.2) is 109 Å². The third-order valence-electron chi connectivity index (χ3n) is 5.50. The van der Waals surface area contributed by atoms with Crippen molar-refractivity contribution in [3.05, 3.63) is 109 Å². The maximum atomic E-state index is 5.95. The maximum Gasteiger partial charge on any atom is 0.331 e. The fraction of sp³-hybridized carbons (Fsp3) is 0. The lowest BCUT2D eigenvalue weighted by molar-refractivity contribution is 0.351. The zero-order chi connectivity index (χ0) is 28.1. The van der Waals surface area contributed by atoms with Gasteiger partial charge in [0.15, 0.2) is 0 Å². The second-order valence-electron chi connectivity index (χ2n) is 8.55. The Morgan fingerprint density at radius 2 is 0.690 bits per heavy atom. The second-order valence-corrected chi connectivity index (χ2v) is 8.55. The first-order valence-corrected chi connectivity index (χ1v) is 12.6. The summed E-state index contributed by atoms with van der Waals surface area (Å²) in [5.41, 5.74) is 0. The molecule has 8 bridgehead atoms. The Morgan fingerprint density at radius 1 is 0.357 bits per heavy atom. The third kappa shape index (κ3) is 5.97. The second kappa shape index (κ2) is 11.1. The van der Waals surface area contributed by atoms with Gasteiger partial charge in [-0.1, -0.05) is 48.5 Å². The van der Waals surface area contributed by atoms with Gasteiger partial charge < -0.3 is 28.4 Å². The molecule has 0 saturated heterocycles. The van der Waals surface area contributed by atoms with Gasteiger partial charge in [0.25, 0.3) is 0 Å². The Bertz CT molecular complexity index is 1640. The zero-order valence-electron chi connectivity index (χ0n) is 21.5. The van der Waals surface area contributed by atoms with Crippen molar-refractivity contribution in [3.8, 4) is 70.6 Å². The van der Waals surface area contributed by atoms with Gasteiger partial charge in [-0.25, -0.2) is 0 Å². The van der Waals surface area contributed by atoms with Crippen LogP contribution in [0.3, 0.4) is 0 Å². The molecule has 42 heavy (non-hydrogen) atoms. The van der Waals surface area contributed by atoms with Gasteiger partial charge in [-0.05, 0) is 48.5 Å². The van der Waals surface area contributed by atoms with Crippen LogP contribution < -0.4 is 28.4 Å². The number of fused-ring (bicyclic) bond motifs is 8. The first-order valence-electron chi connectivity index (χ1n) is 12.6. The Kier molecular flexibility index (Phi) is 6.51. The fourth-order valence-corrected chi connectivity index (χ4v) is 3.73. The lowest BCUT2D eigenvalue weighted by Crippen LogP contribution is -2.03. The zero-order valence-corrected chi connectivity index (χ0v) is 21.5. The van der Waals surface area contributed by atoms with Crippen LogP contribution in [0, 0.1) is 0 Å². The average molecular weight is 559 g/mol. The highest BCUT2D eigenvalue weighted by molar-refractivity contribution is 5.39. The van der Waals surface area contributed by atoms with Crippen LogP contribution in [-0.2, 0) is 0 Å². The van der Waals surface area contributed by atoms with E-state index in [9.17, 15) is 0 Å². The topological polar surface area (TPSA) is 133 Å². The number of nitrogens with zero attached hydrogens (tertiary/aromatic N) is 6. The molecule has 0 amide bonds. The van der Waals surface area contributed by atoms with Crippen molar-refractivity contribution in [2.75, 3.05) is 0 Å². The van der Waals surface area contributed by atoms with Crippen molar-refractivity contribution in [2.45, 2.75) is 0 Å². The predicted octanol–water partition coefficient (Wildman–Crippen LogP) is 7.12. The van der Waals surface area contributed by atoms with Crippen LogP contribution in [-0.4, -0.2) is 29.9 Å². The van der Waals surface area contributed by atoms with Crippen molar-refractivity contribution in [2.24, 2.45) is 0 Å². The molecule has 204 valence electrons. The Balaban J connectivity index is 1.28. The molecule has 12 nitrogen and oxygen atoms in total. The number of hydrogen-bond donors (Lipinski definition) is 0. The Labute approximate surface area is 238 Å². The highest BCUT2D eigenvalue weighted by atomic mass is 16.5. The first kappa shape index (κ1) is 24.7. The molecule has 0 fully saturated rings.